The molecule has 0 aromatic heterocycles. The molecule has 3 N–H and O–H groups in total. The van der Waals surface area contributed by atoms with Gasteiger partial charge in [0.1, 0.15) is 6.10 Å². The van der Waals surface area contributed by atoms with Crippen molar-refractivity contribution < 1.29 is 24.3 Å². The number of amides is 1. The third kappa shape index (κ3) is 4.61. The molecule has 1 amide bonds. The van der Waals surface area contributed by atoms with E-state index in [2.05, 4.69) is 5.32 Å². The molecule has 138 valence electrons. The maximum atomic E-state index is 10.8. The van der Waals surface area contributed by atoms with Crippen LogP contribution < -0.4 is 10.8 Å². The van der Waals surface area contributed by atoms with E-state index in [9.17, 15) is 15.0 Å². The van der Waals surface area contributed by atoms with E-state index >= 15 is 0 Å². The molecule has 1 fully saturated rings. The Labute approximate surface area is 149 Å². The van der Waals surface area contributed by atoms with Crippen LogP contribution in [0.5, 0.6) is 0 Å². The zero-order chi connectivity index (χ0) is 18.8. The van der Waals surface area contributed by atoms with Gasteiger partial charge in [-0.05, 0) is 45.1 Å². The van der Waals surface area contributed by atoms with Gasteiger partial charge in [0, 0.05) is 13.5 Å². The lowest BCUT2D eigenvalue weighted by Gasteiger charge is -2.32. The second-order valence-corrected chi connectivity index (χ2v) is 7.54. The van der Waals surface area contributed by atoms with Crippen molar-refractivity contribution in [2.45, 2.75) is 64.4 Å². The number of hydrogen-bond donors (Lipinski definition) is 3. The summed E-state index contributed by atoms with van der Waals surface area (Å²) in [4.78, 5) is 10.8. The van der Waals surface area contributed by atoms with Gasteiger partial charge in [0.05, 0.1) is 17.3 Å². The fraction of sp³-hybridized carbons (Fsp3) is 0.611. The van der Waals surface area contributed by atoms with Gasteiger partial charge in [0.2, 0.25) is 5.91 Å². The normalized spacial score (nSPS) is 21.0. The van der Waals surface area contributed by atoms with Crippen molar-refractivity contribution in [2.75, 3.05) is 6.54 Å². The van der Waals surface area contributed by atoms with Crippen molar-refractivity contribution in [3.63, 3.8) is 0 Å². The SMILES string of the molecule is CC(=O)NCCC(O)C(O)c1ccc(B2OC(C)(C)C(C)(C)O2)cc1. The van der Waals surface area contributed by atoms with Crippen molar-refractivity contribution in [3.05, 3.63) is 29.8 Å². The van der Waals surface area contributed by atoms with E-state index in [1.807, 2.05) is 39.8 Å². The molecule has 2 rings (SSSR count). The molecule has 25 heavy (non-hydrogen) atoms. The molecule has 0 spiro atoms. The fourth-order valence-corrected chi connectivity index (χ4v) is 2.61. The first-order chi connectivity index (χ1) is 11.5. The van der Waals surface area contributed by atoms with Crippen molar-refractivity contribution >= 4 is 18.5 Å². The summed E-state index contributed by atoms with van der Waals surface area (Å²) >= 11 is 0. The summed E-state index contributed by atoms with van der Waals surface area (Å²) in [6.07, 6.45) is -1.68. The van der Waals surface area contributed by atoms with Crippen molar-refractivity contribution in [1.82, 2.24) is 5.32 Å². The molecule has 1 aliphatic heterocycles. The number of aliphatic hydroxyl groups excluding tert-OH is 2. The van der Waals surface area contributed by atoms with E-state index < -0.39 is 30.5 Å². The summed E-state index contributed by atoms with van der Waals surface area (Å²) < 4.78 is 12.0. The Morgan fingerprint density at radius 1 is 1.12 bits per heavy atom. The Morgan fingerprint density at radius 2 is 1.64 bits per heavy atom. The van der Waals surface area contributed by atoms with Crippen molar-refractivity contribution in [1.29, 1.82) is 0 Å². The quantitative estimate of drug-likeness (QED) is 0.665. The molecule has 0 radical (unpaired) electrons. The van der Waals surface area contributed by atoms with E-state index in [1.54, 1.807) is 12.1 Å². The molecule has 6 nitrogen and oxygen atoms in total. The summed E-state index contributed by atoms with van der Waals surface area (Å²) in [6.45, 7) is 9.72. The van der Waals surface area contributed by atoms with Gasteiger partial charge in [-0.15, -0.1) is 0 Å². The molecule has 7 heteroatoms. The molecule has 1 saturated heterocycles. The van der Waals surface area contributed by atoms with Gasteiger partial charge in [0.25, 0.3) is 0 Å². The van der Waals surface area contributed by atoms with Crippen LogP contribution in [0.25, 0.3) is 0 Å². The largest absolute Gasteiger partial charge is 0.494 e. The molecule has 2 unspecified atom stereocenters. The van der Waals surface area contributed by atoms with Gasteiger partial charge >= 0.3 is 7.12 Å². The Kier molecular flexibility index (Phi) is 5.94. The first kappa shape index (κ1) is 19.9. The zero-order valence-corrected chi connectivity index (χ0v) is 15.6. The second kappa shape index (κ2) is 7.46. The highest BCUT2D eigenvalue weighted by Crippen LogP contribution is 2.36. The lowest BCUT2D eigenvalue weighted by molar-refractivity contribution is -0.119. The zero-order valence-electron chi connectivity index (χ0n) is 15.6. The van der Waals surface area contributed by atoms with Gasteiger partial charge in [-0.1, -0.05) is 24.3 Å². The second-order valence-electron chi connectivity index (χ2n) is 7.54. The fourth-order valence-electron chi connectivity index (χ4n) is 2.61. The number of aliphatic hydroxyl groups is 2. The highest BCUT2D eigenvalue weighted by atomic mass is 16.7. The number of nitrogens with one attached hydrogen (secondary N) is 1. The molecule has 0 saturated carbocycles. The Balaban J connectivity index is 1.99. The monoisotopic (exact) mass is 349 g/mol. The van der Waals surface area contributed by atoms with Gasteiger partial charge in [-0.2, -0.15) is 0 Å². The average Bonchev–Trinajstić information content (AvgIpc) is 2.74. The minimum atomic E-state index is -1.01. The molecule has 1 heterocycles. The van der Waals surface area contributed by atoms with E-state index in [-0.39, 0.29) is 12.3 Å². The van der Waals surface area contributed by atoms with Gasteiger partial charge in [-0.25, -0.2) is 0 Å². The highest BCUT2D eigenvalue weighted by Gasteiger charge is 2.51. The smallest absolute Gasteiger partial charge is 0.399 e. The summed E-state index contributed by atoms with van der Waals surface area (Å²) in [5, 5.41) is 22.9. The minimum absolute atomic E-state index is 0.159. The molecule has 1 aromatic carbocycles. The summed E-state index contributed by atoms with van der Waals surface area (Å²) in [5.41, 5.74) is 0.656. The van der Waals surface area contributed by atoms with E-state index in [0.29, 0.717) is 12.1 Å². The Hall–Kier alpha value is -1.41. The summed E-state index contributed by atoms with van der Waals surface area (Å²) in [5.74, 6) is -0.159. The van der Waals surface area contributed by atoms with Crippen LogP contribution in [0.4, 0.5) is 0 Å². The van der Waals surface area contributed by atoms with Crippen LogP contribution in [0.15, 0.2) is 24.3 Å². The summed E-state index contributed by atoms with van der Waals surface area (Å²) in [7, 11) is -0.458. The van der Waals surface area contributed by atoms with Gasteiger partial charge in [-0.3, -0.25) is 4.79 Å². The Morgan fingerprint density at radius 3 is 2.12 bits per heavy atom. The molecular weight excluding hydrogens is 321 g/mol. The van der Waals surface area contributed by atoms with Crippen LogP contribution in [0, 0.1) is 0 Å². The van der Waals surface area contributed by atoms with Crippen LogP contribution in [0.3, 0.4) is 0 Å². The van der Waals surface area contributed by atoms with Gasteiger partial charge < -0.3 is 24.8 Å². The van der Waals surface area contributed by atoms with E-state index in [1.165, 1.54) is 6.92 Å². The van der Waals surface area contributed by atoms with E-state index in [0.717, 1.165) is 5.46 Å². The Bertz CT molecular complexity index is 586. The van der Waals surface area contributed by atoms with Crippen molar-refractivity contribution in [3.8, 4) is 0 Å². The van der Waals surface area contributed by atoms with E-state index in [4.69, 9.17) is 9.31 Å². The lowest BCUT2D eigenvalue weighted by atomic mass is 9.78. The number of carbonyl (C=O) groups is 1. The maximum Gasteiger partial charge on any atom is 0.494 e. The van der Waals surface area contributed by atoms with Crippen LogP contribution in [-0.4, -0.2) is 47.1 Å². The van der Waals surface area contributed by atoms with Crippen LogP contribution in [0.2, 0.25) is 0 Å². The minimum Gasteiger partial charge on any atom is -0.399 e. The number of rotatable bonds is 6. The molecule has 2 atom stereocenters. The van der Waals surface area contributed by atoms with Gasteiger partial charge in [0.15, 0.2) is 0 Å². The third-order valence-corrected chi connectivity index (χ3v) is 4.98. The van der Waals surface area contributed by atoms with Crippen LogP contribution in [0.1, 0.15) is 52.7 Å². The molecule has 1 aromatic rings. The summed E-state index contributed by atoms with van der Waals surface area (Å²) in [6, 6.07) is 7.18. The highest BCUT2D eigenvalue weighted by molar-refractivity contribution is 6.62. The first-order valence-electron chi connectivity index (χ1n) is 8.59. The lowest BCUT2D eigenvalue weighted by Crippen LogP contribution is -2.41. The number of benzene rings is 1. The van der Waals surface area contributed by atoms with Crippen LogP contribution in [-0.2, 0) is 14.1 Å². The predicted molar refractivity (Wildman–Crippen MR) is 96.4 cm³/mol. The average molecular weight is 349 g/mol. The number of hydrogen-bond acceptors (Lipinski definition) is 5. The first-order valence-corrected chi connectivity index (χ1v) is 8.59. The number of carbonyl (C=O) groups excluding carboxylic acids is 1. The molecule has 1 aliphatic rings. The standard InChI is InChI=1S/C18H28BNO5/c1-12(21)20-11-10-15(22)16(23)13-6-8-14(9-7-13)19-24-17(2,3)18(4,5)25-19/h6-9,15-16,22-23H,10-11H2,1-5H3,(H,20,21). The maximum absolute atomic E-state index is 10.8. The molecule has 0 aliphatic carbocycles. The van der Waals surface area contributed by atoms with Crippen molar-refractivity contribution in [2.24, 2.45) is 0 Å². The van der Waals surface area contributed by atoms with Crippen LogP contribution >= 0.6 is 0 Å². The third-order valence-electron chi connectivity index (χ3n) is 4.98. The predicted octanol–water partition coefficient (Wildman–Crippen LogP) is 0.906. The molecule has 0 bridgehead atoms. The topological polar surface area (TPSA) is 88.0 Å². The molecular formula is C18H28BNO5.